The molecule has 0 atom stereocenters. The van der Waals surface area contributed by atoms with Crippen LogP contribution < -0.4 is 0 Å². The Kier molecular flexibility index (Phi) is 5.91. The Morgan fingerprint density at radius 3 is 2.22 bits per heavy atom. The van der Waals surface area contributed by atoms with Crippen LogP contribution in [0.3, 0.4) is 0 Å². The monoisotopic (exact) mass is 246 g/mol. The quantitative estimate of drug-likeness (QED) is 0.556. The lowest BCUT2D eigenvalue weighted by Gasteiger charge is -2.22. The van der Waals surface area contributed by atoms with Gasteiger partial charge < -0.3 is 0 Å². The van der Waals surface area contributed by atoms with Gasteiger partial charge in [0.15, 0.2) is 0 Å². The van der Waals surface area contributed by atoms with Crippen LogP contribution in [0.25, 0.3) is 0 Å². The molecule has 0 aliphatic rings. The minimum Gasteiger partial charge on any atom is -0.0654 e. The zero-order valence-corrected chi connectivity index (χ0v) is 13.0. The highest BCUT2D eigenvalue weighted by Gasteiger charge is 2.16. The second-order valence-corrected chi connectivity index (χ2v) is 6.56. The van der Waals surface area contributed by atoms with Crippen LogP contribution in [0.15, 0.2) is 18.2 Å². The van der Waals surface area contributed by atoms with Crippen molar-refractivity contribution in [1.29, 1.82) is 0 Å². The standard InChI is InChI=1S/C18H30/c1-6-7-8-9-10-11-16-13-12-15(2)17(14-16)18(3,4)5/h12-14H,6-11H2,1-5H3. The van der Waals surface area contributed by atoms with Crippen LogP contribution in [0.4, 0.5) is 0 Å². The minimum atomic E-state index is 0.266. The molecule has 0 aliphatic heterocycles. The number of aryl methyl sites for hydroxylation is 2. The molecule has 0 radical (unpaired) electrons. The Morgan fingerprint density at radius 2 is 1.61 bits per heavy atom. The van der Waals surface area contributed by atoms with Gasteiger partial charge in [0, 0.05) is 0 Å². The third-order valence-electron chi connectivity index (χ3n) is 3.68. The number of rotatable bonds is 6. The Morgan fingerprint density at radius 1 is 0.944 bits per heavy atom. The third-order valence-corrected chi connectivity index (χ3v) is 3.68. The first-order valence-electron chi connectivity index (χ1n) is 7.55. The highest BCUT2D eigenvalue weighted by molar-refractivity contribution is 5.35. The molecule has 0 heteroatoms. The molecule has 0 spiro atoms. The van der Waals surface area contributed by atoms with Gasteiger partial charge in [-0.3, -0.25) is 0 Å². The topological polar surface area (TPSA) is 0 Å². The molecule has 0 heterocycles. The average molecular weight is 246 g/mol. The van der Waals surface area contributed by atoms with E-state index in [1.807, 2.05) is 0 Å². The van der Waals surface area contributed by atoms with Crippen LogP contribution in [0.5, 0.6) is 0 Å². The van der Waals surface area contributed by atoms with Gasteiger partial charge in [-0.2, -0.15) is 0 Å². The van der Waals surface area contributed by atoms with Crippen LogP contribution in [0.1, 0.15) is 76.5 Å². The summed E-state index contributed by atoms with van der Waals surface area (Å²) in [7, 11) is 0. The molecule has 0 fully saturated rings. The van der Waals surface area contributed by atoms with E-state index in [0.717, 1.165) is 0 Å². The van der Waals surface area contributed by atoms with Crippen LogP contribution in [0.2, 0.25) is 0 Å². The number of hydrogen-bond donors (Lipinski definition) is 0. The molecule has 1 aromatic rings. The van der Waals surface area contributed by atoms with Gasteiger partial charge in [-0.25, -0.2) is 0 Å². The first-order valence-corrected chi connectivity index (χ1v) is 7.55. The largest absolute Gasteiger partial charge is 0.0654 e. The Hall–Kier alpha value is -0.780. The maximum Gasteiger partial charge on any atom is -0.0129 e. The van der Waals surface area contributed by atoms with Crippen LogP contribution in [0, 0.1) is 6.92 Å². The maximum absolute atomic E-state index is 2.43. The van der Waals surface area contributed by atoms with E-state index in [4.69, 9.17) is 0 Å². The summed E-state index contributed by atoms with van der Waals surface area (Å²) in [5, 5.41) is 0. The van der Waals surface area contributed by atoms with Crippen LogP contribution >= 0.6 is 0 Å². The normalized spacial score (nSPS) is 11.8. The van der Waals surface area contributed by atoms with Gasteiger partial charge >= 0.3 is 0 Å². The molecular weight excluding hydrogens is 216 g/mol. The van der Waals surface area contributed by atoms with E-state index in [0.29, 0.717) is 0 Å². The summed E-state index contributed by atoms with van der Waals surface area (Å²) in [6.07, 6.45) is 8.08. The average Bonchev–Trinajstić information content (AvgIpc) is 2.29. The van der Waals surface area contributed by atoms with E-state index in [2.05, 4.69) is 52.8 Å². The summed E-state index contributed by atoms with van der Waals surface area (Å²) in [6, 6.07) is 7.03. The highest BCUT2D eigenvalue weighted by Crippen LogP contribution is 2.27. The summed E-state index contributed by atoms with van der Waals surface area (Å²) >= 11 is 0. The Balaban J connectivity index is 2.57. The number of unbranched alkanes of at least 4 members (excludes halogenated alkanes) is 4. The SMILES string of the molecule is CCCCCCCc1ccc(C)c(C(C)(C)C)c1. The van der Waals surface area contributed by atoms with E-state index in [1.54, 1.807) is 0 Å². The summed E-state index contributed by atoms with van der Waals surface area (Å²) < 4.78 is 0. The van der Waals surface area contributed by atoms with Crippen molar-refractivity contribution in [2.45, 2.75) is 78.6 Å². The minimum absolute atomic E-state index is 0.266. The fourth-order valence-corrected chi connectivity index (χ4v) is 2.57. The van der Waals surface area contributed by atoms with Gasteiger partial charge in [0.1, 0.15) is 0 Å². The van der Waals surface area contributed by atoms with Gasteiger partial charge in [0.05, 0.1) is 0 Å². The molecule has 0 saturated heterocycles. The van der Waals surface area contributed by atoms with E-state index in [-0.39, 0.29) is 5.41 Å². The molecule has 1 aromatic carbocycles. The van der Waals surface area contributed by atoms with Crippen molar-refractivity contribution in [2.75, 3.05) is 0 Å². The molecule has 0 amide bonds. The highest BCUT2D eigenvalue weighted by atomic mass is 14.2. The zero-order valence-electron chi connectivity index (χ0n) is 13.0. The van der Waals surface area contributed by atoms with Crippen molar-refractivity contribution < 1.29 is 0 Å². The molecule has 0 aromatic heterocycles. The smallest absolute Gasteiger partial charge is 0.0129 e. The second-order valence-electron chi connectivity index (χ2n) is 6.56. The molecule has 0 N–H and O–H groups in total. The summed E-state index contributed by atoms with van der Waals surface area (Å²) in [5.74, 6) is 0. The molecule has 0 nitrogen and oxygen atoms in total. The predicted octanol–water partition coefficient (Wildman–Crippen LogP) is 5.81. The van der Waals surface area contributed by atoms with Gasteiger partial charge in [0.2, 0.25) is 0 Å². The molecule has 0 saturated carbocycles. The van der Waals surface area contributed by atoms with Crippen molar-refractivity contribution in [1.82, 2.24) is 0 Å². The van der Waals surface area contributed by atoms with Crippen molar-refractivity contribution in [3.05, 3.63) is 34.9 Å². The molecule has 0 unspecified atom stereocenters. The lowest BCUT2D eigenvalue weighted by Crippen LogP contribution is -2.13. The van der Waals surface area contributed by atoms with Gasteiger partial charge in [-0.05, 0) is 41.9 Å². The summed E-state index contributed by atoms with van der Waals surface area (Å²) in [4.78, 5) is 0. The number of benzene rings is 1. The van der Waals surface area contributed by atoms with E-state index in [9.17, 15) is 0 Å². The molecule has 102 valence electrons. The third kappa shape index (κ3) is 4.84. The summed E-state index contributed by atoms with van der Waals surface area (Å²) in [6.45, 7) is 11.4. The molecular formula is C18H30. The zero-order chi connectivity index (χ0) is 13.6. The number of hydrogen-bond acceptors (Lipinski definition) is 0. The fourth-order valence-electron chi connectivity index (χ4n) is 2.57. The van der Waals surface area contributed by atoms with E-state index >= 15 is 0 Å². The van der Waals surface area contributed by atoms with Crippen molar-refractivity contribution >= 4 is 0 Å². The Bertz CT molecular complexity index is 355. The van der Waals surface area contributed by atoms with Crippen molar-refractivity contribution in [2.24, 2.45) is 0 Å². The van der Waals surface area contributed by atoms with Gasteiger partial charge in [0.25, 0.3) is 0 Å². The van der Waals surface area contributed by atoms with Crippen molar-refractivity contribution in [3.63, 3.8) is 0 Å². The lowest BCUT2D eigenvalue weighted by molar-refractivity contribution is 0.583. The van der Waals surface area contributed by atoms with E-state index < -0.39 is 0 Å². The van der Waals surface area contributed by atoms with Gasteiger partial charge in [-0.15, -0.1) is 0 Å². The fraction of sp³-hybridized carbons (Fsp3) is 0.667. The lowest BCUT2D eigenvalue weighted by atomic mass is 9.83. The maximum atomic E-state index is 2.43. The van der Waals surface area contributed by atoms with Crippen LogP contribution in [-0.4, -0.2) is 0 Å². The first-order chi connectivity index (χ1) is 8.45. The molecule has 18 heavy (non-hydrogen) atoms. The second kappa shape index (κ2) is 6.97. The van der Waals surface area contributed by atoms with Crippen LogP contribution in [-0.2, 0) is 11.8 Å². The van der Waals surface area contributed by atoms with Gasteiger partial charge in [-0.1, -0.05) is 71.6 Å². The molecule has 1 rings (SSSR count). The van der Waals surface area contributed by atoms with E-state index in [1.165, 1.54) is 55.2 Å². The Labute approximate surface area is 114 Å². The summed E-state index contributed by atoms with van der Waals surface area (Å²) in [5.41, 5.74) is 4.72. The molecule has 0 aliphatic carbocycles. The van der Waals surface area contributed by atoms with Crippen molar-refractivity contribution in [3.8, 4) is 0 Å². The first kappa shape index (κ1) is 15.3. The molecule has 0 bridgehead atoms. The predicted molar refractivity (Wildman–Crippen MR) is 82.3 cm³/mol.